The molecule has 4 saturated carbocycles. The lowest BCUT2D eigenvalue weighted by molar-refractivity contribution is 0.0658. The third kappa shape index (κ3) is 5.33. The Hall–Kier alpha value is -2.20. The molecule has 0 saturated heterocycles. The molecule has 1 radical (unpaired) electrons. The molecule has 4 aliphatic carbocycles. The molecule has 0 aromatic heterocycles. The third-order valence-corrected chi connectivity index (χ3v) is 8.61. The predicted octanol–water partition coefficient (Wildman–Crippen LogP) is 7.88. The van der Waals surface area contributed by atoms with Gasteiger partial charge >= 0.3 is 0 Å². The van der Waals surface area contributed by atoms with Gasteiger partial charge in [-0.3, -0.25) is 0 Å². The number of para-hydroxylation sites is 2. The molecular weight excluding hydrogens is 448 g/mol. The van der Waals surface area contributed by atoms with E-state index in [1.54, 1.807) is 5.57 Å². The zero-order chi connectivity index (χ0) is 24.6. The molecule has 4 bridgehead atoms. The fourth-order valence-electron chi connectivity index (χ4n) is 6.82. The highest BCUT2D eigenvalue weighted by molar-refractivity contribution is 6.49. The minimum atomic E-state index is -0.937. The summed E-state index contributed by atoms with van der Waals surface area (Å²) in [5.74, 6) is 6.19. The first kappa shape index (κ1) is 24.5. The van der Waals surface area contributed by atoms with Crippen LogP contribution < -0.4 is 9.16 Å². The number of benzene rings is 2. The van der Waals surface area contributed by atoms with Crippen LogP contribution >= 0.6 is 0 Å². The van der Waals surface area contributed by atoms with Crippen LogP contribution in [0.25, 0.3) is 5.76 Å². The lowest BCUT2D eigenvalue weighted by Crippen LogP contribution is -2.41. The molecule has 4 aliphatic rings. The summed E-state index contributed by atoms with van der Waals surface area (Å²) in [5, 5.41) is 0. The molecule has 0 aliphatic heterocycles. The van der Waals surface area contributed by atoms with Gasteiger partial charge < -0.3 is 13.9 Å². The van der Waals surface area contributed by atoms with Crippen molar-refractivity contribution in [2.45, 2.75) is 71.4 Å². The van der Waals surface area contributed by atoms with Crippen molar-refractivity contribution in [3.63, 3.8) is 0 Å². The van der Waals surface area contributed by atoms with E-state index < -0.39 is 9.04 Å². The SMILES string of the molecule is C[Si](C)Oc1c(C(OCCOc2ccccc2)=C2C3CC4CC(C3)CC2C4)cccc1C(C)(C)C. The van der Waals surface area contributed by atoms with Gasteiger partial charge in [-0.25, -0.2) is 0 Å². The van der Waals surface area contributed by atoms with Crippen LogP contribution in [0.3, 0.4) is 0 Å². The van der Waals surface area contributed by atoms with Crippen LogP contribution in [0, 0.1) is 23.7 Å². The highest BCUT2D eigenvalue weighted by atomic mass is 28.3. The van der Waals surface area contributed by atoms with Gasteiger partial charge in [0.2, 0.25) is 0 Å². The van der Waals surface area contributed by atoms with Crippen LogP contribution in [0.15, 0.2) is 54.1 Å². The topological polar surface area (TPSA) is 27.7 Å². The van der Waals surface area contributed by atoms with Gasteiger partial charge in [-0.1, -0.05) is 51.1 Å². The fourth-order valence-corrected chi connectivity index (χ4v) is 7.45. The Kier molecular flexibility index (Phi) is 7.03. The molecule has 0 spiro atoms. The molecule has 4 fully saturated rings. The first-order chi connectivity index (χ1) is 16.8. The Balaban J connectivity index is 1.52. The molecule has 6 rings (SSSR count). The molecule has 3 nitrogen and oxygen atoms in total. The highest BCUT2D eigenvalue weighted by Crippen LogP contribution is 2.58. The Labute approximate surface area is 213 Å². The van der Waals surface area contributed by atoms with Crippen molar-refractivity contribution in [3.8, 4) is 11.5 Å². The van der Waals surface area contributed by atoms with E-state index in [1.807, 2.05) is 30.3 Å². The Morgan fingerprint density at radius 2 is 1.49 bits per heavy atom. The van der Waals surface area contributed by atoms with Gasteiger partial charge in [0, 0.05) is 0 Å². The Morgan fingerprint density at radius 1 is 0.829 bits per heavy atom. The molecule has 4 heteroatoms. The molecule has 0 heterocycles. The number of ether oxygens (including phenoxy) is 2. The zero-order valence-corrected chi connectivity index (χ0v) is 23.1. The third-order valence-electron chi connectivity index (χ3n) is 8.00. The summed E-state index contributed by atoms with van der Waals surface area (Å²) >= 11 is 0. The quantitative estimate of drug-likeness (QED) is 0.214. The predicted molar refractivity (Wildman–Crippen MR) is 145 cm³/mol. The van der Waals surface area contributed by atoms with E-state index >= 15 is 0 Å². The molecular formula is C31H41O3Si. The van der Waals surface area contributed by atoms with E-state index in [9.17, 15) is 0 Å². The smallest absolute Gasteiger partial charge is 0.274 e. The summed E-state index contributed by atoms with van der Waals surface area (Å²) in [5.41, 5.74) is 4.01. The summed E-state index contributed by atoms with van der Waals surface area (Å²) in [4.78, 5) is 0. The van der Waals surface area contributed by atoms with E-state index in [0.717, 1.165) is 34.7 Å². The van der Waals surface area contributed by atoms with E-state index in [1.165, 1.54) is 37.7 Å². The maximum Gasteiger partial charge on any atom is 0.274 e. The van der Waals surface area contributed by atoms with Gasteiger partial charge in [0.25, 0.3) is 9.04 Å². The second-order valence-corrected chi connectivity index (χ2v) is 14.1. The van der Waals surface area contributed by atoms with Crippen molar-refractivity contribution in [2.75, 3.05) is 13.2 Å². The van der Waals surface area contributed by atoms with Gasteiger partial charge in [-0.2, -0.15) is 0 Å². The number of rotatable bonds is 8. The minimum absolute atomic E-state index is 0.00107. The second-order valence-electron chi connectivity index (χ2n) is 12.0. The largest absolute Gasteiger partial charge is 0.542 e. The summed E-state index contributed by atoms with van der Waals surface area (Å²) in [7, 11) is -0.937. The van der Waals surface area contributed by atoms with Gasteiger partial charge in [-0.05, 0) is 104 Å². The molecule has 0 N–H and O–H groups in total. The van der Waals surface area contributed by atoms with Crippen molar-refractivity contribution >= 4 is 14.8 Å². The maximum atomic E-state index is 6.75. The zero-order valence-electron chi connectivity index (χ0n) is 22.1. The highest BCUT2D eigenvalue weighted by Gasteiger charge is 2.47. The molecule has 2 aromatic carbocycles. The first-order valence-corrected chi connectivity index (χ1v) is 15.9. The number of hydrogen-bond donors (Lipinski definition) is 0. The average Bonchev–Trinajstić information content (AvgIpc) is 2.79. The monoisotopic (exact) mass is 489 g/mol. The molecule has 0 atom stereocenters. The lowest BCUT2D eigenvalue weighted by Gasteiger charge is -2.52. The molecule has 35 heavy (non-hydrogen) atoms. The average molecular weight is 490 g/mol. The van der Waals surface area contributed by atoms with E-state index in [-0.39, 0.29) is 5.41 Å². The molecule has 2 aromatic rings. The van der Waals surface area contributed by atoms with Crippen LogP contribution in [-0.2, 0) is 10.2 Å². The van der Waals surface area contributed by atoms with Gasteiger partial charge in [0.05, 0.1) is 5.56 Å². The van der Waals surface area contributed by atoms with Crippen molar-refractivity contribution in [1.29, 1.82) is 0 Å². The molecule has 187 valence electrons. The van der Waals surface area contributed by atoms with Gasteiger partial charge in [0.15, 0.2) is 0 Å². The van der Waals surface area contributed by atoms with Crippen LogP contribution in [0.4, 0.5) is 0 Å². The van der Waals surface area contributed by atoms with E-state index in [2.05, 4.69) is 52.1 Å². The van der Waals surface area contributed by atoms with Crippen LogP contribution in [0.5, 0.6) is 11.5 Å². The normalized spacial score (nSPS) is 25.1. The first-order valence-electron chi connectivity index (χ1n) is 13.5. The van der Waals surface area contributed by atoms with Crippen LogP contribution in [0.2, 0.25) is 13.1 Å². The maximum absolute atomic E-state index is 6.75. The van der Waals surface area contributed by atoms with Crippen molar-refractivity contribution < 1.29 is 13.9 Å². The summed E-state index contributed by atoms with van der Waals surface area (Å²) in [6, 6.07) is 16.7. The second kappa shape index (κ2) is 10.0. The summed E-state index contributed by atoms with van der Waals surface area (Å²) < 4.78 is 19.4. The summed E-state index contributed by atoms with van der Waals surface area (Å²) in [6.07, 6.45) is 6.79. The van der Waals surface area contributed by atoms with Crippen LogP contribution in [0.1, 0.15) is 64.0 Å². The molecule has 0 amide bonds. The van der Waals surface area contributed by atoms with Crippen molar-refractivity contribution in [1.82, 2.24) is 0 Å². The number of allylic oxidation sites excluding steroid dienone is 1. The standard InChI is InChI=1S/C31H41O3Si/c1-31(2,3)27-13-9-12-26(29(27)34-35(4)5)30(33-15-14-32-25-10-7-6-8-11-25)28-23-17-21-16-22(19-23)20-24(28)18-21/h6-13,21-24H,14-20H2,1-5H3. The van der Waals surface area contributed by atoms with Crippen molar-refractivity contribution in [2.24, 2.45) is 23.7 Å². The van der Waals surface area contributed by atoms with Crippen LogP contribution in [-0.4, -0.2) is 22.3 Å². The fraction of sp³-hybridized carbons (Fsp3) is 0.548. The summed E-state index contributed by atoms with van der Waals surface area (Å²) in [6.45, 7) is 12.3. The van der Waals surface area contributed by atoms with Gasteiger partial charge in [-0.15, -0.1) is 0 Å². The number of hydrogen-bond acceptors (Lipinski definition) is 3. The minimum Gasteiger partial charge on any atom is -0.542 e. The van der Waals surface area contributed by atoms with E-state index in [0.29, 0.717) is 25.0 Å². The Morgan fingerprint density at radius 3 is 2.09 bits per heavy atom. The van der Waals surface area contributed by atoms with Gasteiger partial charge in [0.1, 0.15) is 30.5 Å². The van der Waals surface area contributed by atoms with Crippen molar-refractivity contribution in [3.05, 3.63) is 65.2 Å². The lowest BCUT2D eigenvalue weighted by atomic mass is 9.54. The Bertz CT molecular complexity index is 1020. The van der Waals surface area contributed by atoms with E-state index in [4.69, 9.17) is 13.9 Å². The molecule has 0 unspecified atom stereocenters.